The molecule has 2 aromatic heterocycles. The van der Waals surface area contributed by atoms with E-state index >= 15 is 0 Å². The van der Waals surface area contributed by atoms with Crippen molar-refractivity contribution in [2.45, 2.75) is 37.9 Å². The summed E-state index contributed by atoms with van der Waals surface area (Å²) >= 11 is 0. The van der Waals surface area contributed by atoms with Crippen LogP contribution in [0.25, 0.3) is 5.69 Å². The van der Waals surface area contributed by atoms with Crippen molar-refractivity contribution in [3.63, 3.8) is 0 Å². The SMILES string of the molecule is COc1ncnc(C2CC2)c1-n1nc(C(F)(F)F)c2c1CNCC2. The van der Waals surface area contributed by atoms with Crippen LogP contribution in [-0.4, -0.2) is 33.4 Å². The zero-order valence-corrected chi connectivity index (χ0v) is 13.0. The van der Waals surface area contributed by atoms with E-state index < -0.39 is 11.9 Å². The molecule has 24 heavy (non-hydrogen) atoms. The van der Waals surface area contributed by atoms with E-state index in [0.717, 1.165) is 12.8 Å². The molecule has 0 unspecified atom stereocenters. The number of hydrogen-bond donors (Lipinski definition) is 1. The predicted octanol–water partition coefficient (Wildman–Crippen LogP) is 2.21. The molecular weight excluding hydrogens is 323 g/mol. The van der Waals surface area contributed by atoms with Crippen molar-refractivity contribution in [1.29, 1.82) is 0 Å². The molecule has 0 radical (unpaired) electrons. The molecule has 0 atom stereocenters. The first kappa shape index (κ1) is 15.4. The number of ether oxygens (including phenoxy) is 1. The first-order valence-corrected chi connectivity index (χ1v) is 7.78. The maximum absolute atomic E-state index is 13.4. The number of fused-ring (bicyclic) bond motifs is 1. The molecule has 0 spiro atoms. The lowest BCUT2D eigenvalue weighted by molar-refractivity contribution is -0.142. The molecule has 3 heterocycles. The van der Waals surface area contributed by atoms with E-state index in [1.807, 2.05) is 0 Å². The standard InChI is InChI=1S/C15H16F3N5O/c1-24-14-12(11(8-2-3-8)20-7-21-14)23-10-6-19-5-4-9(10)13(22-23)15(16,17)18/h7-8,19H,2-6H2,1H3. The number of aromatic nitrogens is 4. The Kier molecular flexibility index (Phi) is 3.48. The molecule has 6 nitrogen and oxygen atoms in total. The third-order valence-corrected chi connectivity index (χ3v) is 4.39. The molecule has 128 valence electrons. The van der Waals surface area contributed by atoms with Gasteiger partial charge in [0.25, 0.3) is 0 Å². The van der Waals surface area contributed by atoms with Crippen molar-refractivity contribution < 1.29 is 17.9 Å². The van der Waals surface area contributed by atoms with Crippen molar-refractivity contribution in [2.24, 2.45) is 0 Å². The quantitative estimate of drug-likeness (QED) is 0.929. The minimum Gasteiger partial charge on any atom is -0.479 e. The van der Waals surface area contributed by atoms with E-state index in [1.54, 1.807) is 0 Å². The molecule has 0 amide bonds. The Balaban J connectivity index is 1.96. The van der Waals surface area contributed by atoms with Gasteiger partial charge in [0.2, 0.25) is 5.88 Å². The Hall–Kier alpha value is -2.16. The highest BCUT2D eigenvalue weighted by molar-refractivity contribution is 5.50. The number of nitrogens with zero attached hydrogens (tertiary/aromatic N) is 4. The fourth-order valence-electron chi connectivity index (χ4n) is 3.14. The molecule has 4 rings (SSSR count). The van der Waals surface area contributed by atoms with Crippen LogP contribution in [0.4, 0.5) is 13.2 Å². The van der Waals surface area contributed by atoms with Gasteiger partial charge in [-0.1, -0.05) is 0 Å². The maximum Gasteiger partial charge on any atom is 0.435 e. The fourth-order valence-corrected chi connectivity index (χ4v) is 3.14. The lowest BCUT2D eigenvalue weighted by Crippen LogP contribution is -2.26. The molecule has 1 saturated carbocycles. The second kappa shape index (κ2) is 5.44. The molecule has 2 aromatic rings. The van der Waals surface area contributed by atoms with Gasteiger partial charge in [0.1, 0.15) is 12.0 Å². The monoisotopic (exact) mass is 339 g/mol. The largest absolute Gasteiger partial charge is 0.479 e. The van der Waals surface area contributed by atoms with Gasteiger partial charge in [0.15, 0.2) is 5.69 Å². The van der Waals surface area contributed by atoms with Crippen molar-refractivity contribution in [3.8, 4) is 11.6 Å². The van der Waals surface area contributed by atoms with Crippen LogP contribution in [0, 0.1) is 0 Å². The maximum atomic E-state index is 13.4. The second-order valence-electron chi connectivity index (χ2n) is 6.00. The smallest absolute Gasteiger partial charge is 0.435 e. The molecule has 2 aliphatic rings. The lowest BCUT2D eigenvalue weighted by atomic mass is 10.1. The number of halogens is 3. The summed E-state index contributed by atoms with van der Waals surface area (Å²) in [5.41, 5.74) is 1.05. The third kappa shape index (κ3) is 2.43. The summed E-state index contributed by atoms with van der Waals surface area (Å²) in [6.45, 7) is 0.820. The zero-order valence-electron chi connectivity index (χ0n) is 13.0. The number of rotatable bonds is 3. The van der Waals surface area contributed by atoms with Crippen LogP contribution in [0.2, 0.25) is 0 Å². The van der Waals surface area contributed by atoms with Crippen molar-refractivity contribution in [3.05, 3.63) is 29.0 Å². The molecule has 0 bridgehead atoms. The highest BCUT2D eigenvalue weighted by atomic mass is 19.4. The Morgan fingerprint density at radius 1 is 1.29 bits per heavy atom. The highest BCUT2D eigenvalue weighted by Gasteiger charge is 2.41. The number of methoxy groups -OCH3 is 1. The molecule has 1 aliphatic carbocycles. The van der Waals surface area contributed by atoms with E-state index in [4.69, 9.17) is 4.74 Å². The molecule has 0 aromatic carbocycles. The van der Waals surface area contributed by atoms with E-state index in [0.29, 0.717) is 36.6 Å². The van der Waals surface area contributed by atoms with Crippen LogP contribution < -0.4 is 10.1 Å². The minimum absolute atomic E-state index is 0.225. The van der Waals surface area contributed by atoms with Gasteiger partial charge in [-0.15, -0.1) is 0 Å². The highest BCUT2D eigenvalue weighted by Crippen LogP contribution is 2.44. The third-order valence-electron chi connectivity index (χ3n) is 4.39. The van der Waals surface area contributed by atoms with Gasteiger partial charge in [0.05, 0.1) is 18.5 Å². The Bertz CT molecular complexity index is 782. The first-order valence-electron chi connectivity index (χ1n) is 7.78. The van der Waals surface area contributed by atoms with Gasteiger partial charge in [-0.25, -0.2) is 9.67 Å². The summed E-state index contributed by atoms with van der Waals surface area (Å²) in [6, 6.07) is 0. The zero-order chi connectivity index (χ0) is 16.9. The van der Waals surface area contributed by atoms with Crippen molar-refractivity contribution in [2.75, 3.05) is 13.7 Å². The molecular formula is C15H16F3N5O. The van der Waals surface area contributed by atoms with Crippen LogP contribution >= 0.6 is 0 Å². The van der Waals surface area contributed by atoms with Gasteiger partial charge >= 0.3 is 6.18 Å². The normalized spacial score (nSPS) is 17.7. The summed E-state index contributed by atoms with van der Waals surface area (Å²) in [6.07, 6.45) is -0.898. The van der Waals surface area contributed by atoms with E-state index in [1.165, 1.54) is 18.1 Å². The Morgan fingerprint density at radius 3 is 2.75 bits per heavy atom. The summed E-state index contributed by atoms with van der Waals surface area (Å²) in [5.74, 6) is 0.471. The van der Waals surface area contributed by atoms with Crippen LogP contribution in [0.15, 0.2) is 6.33 Å². The van der Waals surface area contributed by atoms with Gasteiger partial charge in [-0.3, -0.25) is 0 Å². The average Bonchev–Trinajstić information content (AvgIpc) is 3.33. The van der Waals surface area contributed by atoms with Crippen LogP contribution in [0.1, 0.15) is 41.4 Å². The molecule has 1 fully saturated rings. The summed E-state index contributed by atoms with van der Waals surface area (Å²) < 4.78 is 46.8. The molecule has 0 saturated heterocycles. The summed E-state index contributed by atoms with van der Waals surface area (Å²) in [7, 11) is 1.45. The average molecular weight is 339 g/mol. The first-order chi connectivity index (χ1) is 11.5. The second-order valence-corrected chi connectivity index (χ2v) is 6.00. The number of alkyl halides is 3. The van der Waals surface area contributed by atoms with Gasteiger partial charge < -0.3 is 10.1 Å². The predicted molar refractivity (Wildman–Crippen MR) is 78.1 cm³/mol. The van der Waals surface area contributed by atoms with E-state index in [2.05, 4.69) is 20.4 Å². The Labute approximate surface area is 136 Å². The Morgan fingerprint density at radius 2 is 2.08 bits per heavy atom. The fraction of sp³-hybridized carbons (Fsp3) is 0.533. The lowest BCUT2D eigenvalue weighted by Gasteiger charge is -2.18. The van der Waals surface area contributed by atoms with E-state index in [-0.39, 0.29) is 17.4 Å². The van der Waals surface area contributed by atoms with Crippen LogP contribution in [-0.2, 0) is 19.1 Å². The van der Waals surface area contributed by atoms with Gasteiger partial charge in [-0.2, -0.15) is 23.3 Å². The number of hydrogen-bond acceptors (Lipinski definition) is 5. The van der Waals surface area contributed by atoms with Crippen LogP contribution in [0.3, 0.4) is 0 Å². The van der Waals surface area contributed by atoms with E-state index in [9.17, 15) is 13.2 Å². The summed E-state index contributed by atoms with van der Waals surface area (Å²) in [4.78, 5) is 8.36. The summed E-state index contributed by atoms with van der Waals surface area (Å²) in [5, 5.41) is 7.01. The number of nitrogens with one attached hydrogen (secondary N) is 1. The van der Waals surface area contributed by atoms with Crippen molar-refractivity contribution >= 4 is 0 Å². The van der Waals surface area contributed by atoms with Gasteiger partial charge in [0, 0.05) is 18.0 Å². The molecule has 9 heteroatoms. The van der Waals surface area contributed by atoms with Crippen LogP contribution in [0.5, 0.6) is 5.88 Å². The van der Waals surface area contributed by atoms with Gasteiger partial charge in [-0.05, 0) is 25.8 Å². The topological polar surface area (TPSA) is 64.9 Å². The minimum atomic E-state index is -4.49. The molecule has 1 N–H and O–H groups in total. The molecule has 1 aliphatic heterocycles. The van der Waals surface area contributed by atoms with Crippen molar-refractivity contribution in [1.82, 2.24) is 25.1 Å².